The molecule has 1 aromatic carbocycles. The zero-order chi connectivity index (χ0) is 18.4. The van der Waals surface area contributed by atoms with Crippen LogP contribution in [0.3, 0.4) is 0 Å². The minimum absolute atomic E-state index is 0.165. The van der Waals surface area contributed by atoms with Crippen LogP contribution in [0.1, 0.15) is 35.4 Å². The summed E-state index contributed by atoms with van der Waals surface area (Å²) in [6.07, 6.45) is 10.0. The zero-order valence-corrected chi connectivity index (χ0v) is 16.0. The van der Waals surface area contributed by atoms with Crippen molar-refractivity contribution in [2.75, 3.05) is 25.9 Å². The van der Waals surface area contributed by atoms with E-state index in [4.69, 9.17) is 10.5 Å². The van der Waals surface area contributed by atoms with Crippen LogP contribution in [0.2, 0.25) is 0 Å². The maximum Gasteiger partial charge on any atom is 0.180 e. The molecule has 0 bridgehead atoms. The molecule has 6 heteroatoms. The Morgan fingerprint density at radius 2 is 2.35 bits per heavy atom. The highest BCUT2D eigenvalue weighted by molar-refractivity contribution is 7.15. The van der Waals surface area contributed by atoms with Gasteiger partial charge in [0.1, 0.15) is 0 Å². The Bertz CT molecular complexity index is 758. The van der Waals surface area contributed by atoms with Crippen LogP contribution in [-0.2, 0) is 12.8 Å². The first-order valence-corrected chi connectivity index (χ1v) is 9.95. The van der Waals surface area contributed by atoms with Gasteiger partial charge in [0, 0.05) is 11.4 Å². The van der Waals surface area contributed by atoms with E-state index < -0.39 is 0 Å². The number of hydrogen-bond acceptors (Lipinski definition) is 6. The van der Waals surface area contributed by atoms with Gasteiger partial charge in [0.25, 0.3) is 0 Å². The summed E-state index contributed by atoms with van der Waals surface area (Å²) in [7, 11) is 1.56. The van der Waals surface area contributed by atoms with Crippen molar-refractivity contribution in [3.63, 3.8) is 0 Å². The third kappa shape index (κ3) is 4.99. The molecular formula is C20H27N3O2S. The molecular weight excluding hydrogens is 346 g/mol. The topological polar surface area (TPSA) is 80.4 Å². The number of aryl methyl sites for hydroxylation is 1. The van der Waals surface area contributed by atoms with Crippen molar-refractivity contribution in [2.24, 2.45) is 5.92 Å². The van der Waals surface area contributed by atoms with Gasteiger partial charge in [-0.15, -0.1) is 11.3 Å². The lowest BCUT2D eigenvalue weighted by molar-refractivity contribution is 0.373. The number of phenols is 1. The summed E-state index contributed by atoms with van der Waals surface area (Å²) >= 11 is 1.66. The fraction of sp³-hybridized carbons (Fsp3) is 0.450. The smallest absolute Gasteiger partial charge is 0.180 e. The van der Waals surface area contributed by atoms with Gasteiger partial charge in [-0.05, 0) is 62.3 Å². The Labute approximate surface area is 158 Å². The predicted octanol–water partition coefficient (Wildman–Crippen LogP) is 3.63. The summed E-state index contributed by atoms with van der Waals surface area (Å²) in [6, 6.07) is 5.35. The third-order valence-corrected chi connectivity index (χ3v) is 5.75. The fourth-order valence-electron chi connectivity index (χ4n) is 3.40. The first-order valence-electron chi connectivity index (χ1n) is 9.14. The molecule has 26 heavy (non-hydrogen) atoms. The lowest BCUT2D eigenvalue weighted by Gasteiger charge is -2.20. The highest BCUT2D eigenvalue weighted by atomic mass is 32.1. The number of rotatable bonds is 8. The average Bonchev–Trinajstić information content (AvgIpc) is 3.01. The molecule has 1 aliphatic rings. The molecule has 1 aromatic heterocycles. The molecule has 0 radical (unpaired) electrons. The lowest BCUT2D eigenvalue weighted by Crippen LogP contribution is -2.18. The molecule has 3 rings (SSSR count). The molecule has 0 amide bonds. The molecule has 0 saturated carbocycles. The van der Waals surface area contributed by atoms with Crippen LogP contribution >= 0.6 is 11.3 Å². The number of fused-ring (bicyclic) bond motifs is 1. The minimum atomic E-state index is 0.165. The molecule has 1 aliphatic carbocycles. The number of methoxy groups -OCH3 is 1. The largest absolute Gasteiger partial charge is 0.504 e. The first kappa shape index (κ1) is 18.7. The number of ether oxygens (including phenoxy) is 1. The van der Waals surface area contributed by atoms with Crippen LogP contribution in [0.15, 0.2) is 24.3 Å². The van der Waals surface area contributed by atoms with Gasteiger partial charge in [-0.3, -0.25) is 0 Å². The van der Waals surface area contributed by atoms with Gasteiger partial charge in [-0.1, -0.05) is 18.2 Å². The molecule has 1 unspecified atom stereocenters. The number of thiazole rings is 1. The maximum absolute atomic E-state index is 9.60. The van der Waals surface area contributed by atoms with Crippen LogP contribution < -0.4 is 15.8 Å². The van der Waals surface area contributed by atoms with Crippen LogP contribution in [0.4, 0.5) is 5.13 Å². The normalized spacial score (nSPS) is 16.7. The van der Waals surface area contributed by atoms with Crippen molar-refractivity contribution < 1.29 is 9.84 Å². The zero-order valence-electron chi connectivity index (χ0n) is 15.2. The van der Waals surface area contributed by atoms with E-state index in [1.54, 1.807) is 24.5 Å². The Morgan fingerprint density at radius 3 is 3.19 bits per heavy atom. The van der Waals surface area contributed by atoms with Crippen LogP contribution in [0, 0.1) is 5.92 Å². The van der Waals surface area contributed by atoms with Crippen molar-refractivity contribution >= 4 is 22.5 Å². The monoisotopic (exact) mass is 373 g/mol. The third-order valence-electron chi connectivity index (χ3n) is 4.80. The number of nitrogens with zero attached hydrogens (tertiary/aromatic N) is 1. The second kappa shape index (κ2) is 9.05. The molecule has 2 aromatic rings. The van der Waals surface area contributed by atoms with Gasteiger partial charge in [0.05, 0.1) is 12.8 Å². The highest BCUT2D eigenvalue weighted by Crippen LogP contribution is 2.32. The standard InChI is InChI=1S/C20H27N3O2S/c1-25-18-12-14(7-9-17(18)24)4-2-10-22-11-3-5-15-6-8-16-19(13-15)26-20(21)23-16/h2,4,7,9,12,15,22,24H,3,5-6,8,10-11,13H2,1H3,(H2,21,23)/b4-2+. The average molecular weight is 374 g/mol. The second-order valence-electron chi connectivity index (χ2n) is 6.71. The molecule has 1 heterocycles. The van der Waals surface area contributed by atoms with Crippen LogP contribution in [-0.4, -0.2) is 30.3 Å². The number of phenolic OH excluding ortho intramolecular Hbond substituents is 1. The first-order chi connectivity index (χ1) is 12.7. The van der Waals surface area contributed by atoms with E-state index in [-0.39, 0.29) is 5.75 Å². The number of aromatic nitrogens is 1. The number of aromatic hydroxyl groups is 1. The predicted molar refractivity (Wildman–Crippen MR) is 108 cm³/mol. The summed E-state index contributed by atoms with van der Waals surface area (Å²) in [5, 5.41) is 13.8. The number of benzene rings is 1. The molecule has 1 atom stereocenters. The molecule has 0 spiro atoms. The number of nitrogen functional groups attached to an aromatic ring is 1. The van der Waals surface area contributed by atoms with Crippen molar-refractivity contribution in [3.8, 4) is 11.5 Å². The molecule has 0 fully saturated rings. The number of nitrogens with one attached hydrogen (secondary N) is 1. The molecule has 5 nitrogen and oxygen atoms in total. The molecule has 0 saturated heterocycles. The summed E-state index contributed by atoms with van der Waals surface area (Å²) in [6.45, 7) is 1.86. The van der Waals surface area contributed by atoms with E-state index in [0.29, 0.717) is 5.75 Å². The Hall–Kier alpha value is -2.05. The van der Waals surface area contributed by atoms with Crippen LogP contribution in [0.5, 0.6) is 11.5 Å². The molecule has 0 aliphatic heterocycles. The number of hydrogen-bond donors (Lipinski definition) is 3. The quantitative estimate of drug-likeness (QED) is 0.616. The van der Waals surface area contributed by atoms with E-state index in [2.05, 4.69) is 16.4 Å². The van der Waals surface area contributed by atoms with Crippen molar-refractivity contribution in [1.29, 1.82) is 0 Å². The van der Waals surface area contributed by atoms with E-state index >= 15 is 0 Å². The Balaban J connectivity index is 1.32. The lowest BCUT2D eigenvalue weighted by atomic mass is 9.88. The Kier molecular flexibility index (Phi) is 6.52. The van der Waals surface area contributed by atoms with E-state index in [0.717, 1.165) is 42.5 Å². The highest BCUT2D eigenvalue weighted by Gasteiger charge is 2.21. The summed E-state index contributed by atoms with van der Waals surface area (Å²) in [5.41, 5.74) is 8.06. The van der Waals surface area contributed by atoms with E-state index in [1.165, 1.54) is 29.8 Å². The van der Waals surface area contributed by atoms with Gasteiger partial charge in [0.15, 0.2) is 16.6 Å². The van der Waals surface area contributed by atoms with Gasteiger partial charge in [-0.25, -0.2) is 4.98 Å². The maximum atomic E-state index is 9.60. The van der Waals surface area contributed by atoms with Crippen molar-refractivity contribution in [1.82, 2.24) is 10.3 Å². The SMILES string of the molecule is COc1cc(/C=C/CNCCCC2CCc3nc(N)sc3C2)ccc1O. The van der Waals surface area contributed by atoms with Crippen LogP contribution in [0.25, 0.3) is 6.08 Å². The summed E-state index contributed by atoms with van der Waals surface area (Å²) < 4.78 is 5.12. The van der Waals surface area contributed by atoms with Gasteiger partial charge in [-0.2, -0.15) is 0 Å². The van der Waals surface area contributed by atoms with Gasteiger partial charge >= 0.3 is 0 Å². The van der Waals surface area contributed by atoms with Gasteiger partial charge in [0.2, 0.25) is 0 Å². The van der Waals surface area contributed by atoms with Crippen molar-refractivity contribution in [3.05, 3.63) is 40.4 Å². The van der Waals surface area contributed by atoms with E-state index in [1.807, 2.05) is 18.2 Å². The fourth-order valence-corrected chi connectivity index (χ4v) is 4.40. The number of anilines is 1. The molecule has 140 valence electrons. The Morgan fingerprint density at radius 1 is 1.46 bits per heavy atom. The summed E-state index contributed by atoms with van der Waals surface area (Å²) in [4.78, 5) is 5.81. The second-order valence-corrected chi connectivity index (χ2v) is 7.83. The minimum Gasteiger partial charge on any atom is -0.504 e. The van der Waals surface area contributed by atoms with Gasteiger partial charge < -0.3 is 20.9 Å². The van der Waals surface area contributed by atoms with Crippen molar-refractivity contribution in [2.45, 2.75) is 32.1 Å². The molecule has 4 N–H and O–H groups in total. The number of nitrogens with two attached hydrogens (primary N) is 1. The van der Waals surface area contributed by atoms with E-state index in [9.17, 15) is 5.11 Å². The summed E-state index contributed by atoms with van der Waals surface area (Å²) in [5.74, 6) is 1.43.